The van der Waals surface area contributed by atoms with Crippen LogP contribution in [0, 0.1) is 0 Å². The Labute approximate surface area is 443 Å². The quantitative estimate of drug-likeness (QED) is 0.0251. The van der Waals surface area contributed by atoms with E-state index in [0.29, 0.717) is 12.8 Å². The van der Waals surface area contributed by atoms with Crippen LogP contribution >= 0.6 is 0 Å². The number of unbranched alkanes of at least 4 members (excludes halogenated alkanes) is 43. The summed E-state index contributed by atoms with van der Waals surface area (Å²) in [5.74, 6) is -0.221. The molecular weight excluding hydrogens is 931 g/mol. The molecule has 13 heteroatoms. The fraction of sp³-hybridized carbons (Fsp3) is 0.983. The van der Waals surface area contributed by atoms with Crippen LogP contribution in [-0.4, -0.2) is 95.4 Å². The Kier molecular flexibility index (Phi) is 47.7. The first kappa shape index (κ1) is 69.1. The van der Waals surface area contributed by atoms with E-state index in [1.165, 1.54) is 238 Å². The molecule has 1 aliphatic rings. The van der Waals surface area contributed by atoms with Gasteiger partial charge >= 0.3 is 10.4 Å². The molecule has 0 bridgehead atoms. The average Bonchev–Trinajstić information content (AvgIpc) is 3.36. The van der Waals surface area contributed by atoms with Gasteiger partial charge in [-0.05, 0) is 12.8 Å². The van der Waals surface area contributed by atoms with Crippen LogP contribution in [0.2, 0.25) is 0 Å². The van der Waals surface area contributed by atoms with Gasteiger partial charge < -0.3 is 35.2 Å². The van der Waals surface area contributed by atoms with Gasteiger partial charge in [0.05, 0.1) is 25.4 Å². The van der Waals surface area contributed by atoms with Crippen LogP contribution in [0.25, 0.3) is 0 Å². The van der Waals surface area contributed by atoms with E-state index in [1.807, 2.05) is 0 Å². The second kappa shape index (κ2) is 49.7. The maximum atomic E-state index is 13.2. The Morgan fingerprint density at radius 1 is 0.500 bits per heavy atom. The van der Waals surface area contributed by atoms with E-state index >= 15 is 0 Å². The molecule has 6 N–H and O–H groups in total. The molecule has 0 radical (unpaired) electrons. The third-order valence-corrected chi connectivity index (χ3v) is 15.6. The molecule has 0 aliphatic carbocycles. The van der Waals surface area contributed by atoms with Crippen molar-refractivity contribution in [2.24, 2.45) is 0 Å². The minimum atomic E-state index is -5.08. The lowest BCUT2D eigenvalue weighted by molar-refractivity contribution is -0.298. The Bertz CT molecular complexity index is 1280. The standard InChI is InChI=1S/C59H117NO11S/c1-3-5-7-9-11-13-15-17-19-21-23-25-26-27-29-30-32-34-36-38-40-42-44-46-48-53(62)52(51-69-59-57(65)58(71-72(66,67)68)56(64)54(50-61)70-59)60-55(63)49-47-45-43-41-39-37-35-33-31-28-24-22-20-18-16-14-12-10-8-6-4-2/h52-54,56-59,61-62,64-65H,3-51H2,1-2H3,(H,60,63)(H,66,67,68). The van der Waals surface area contributed by atoms with Gasteiger partial charge in [0.2, 0.25) is 5.91 Å². The molecule has 0 aromatic rings. The Morgan fingerprint density at radius 3 is 1.11 bits per heavy atom. The predicted octanol–water partition coefficient (Wildman–Crippen LogP) is 14.9. The Morgan fingerprint density at radius 2 is 0.806 bits per heavy atom. The predicted molar refractivity (Wildman–Crippen MR) is 296 cm³/mol. The van der Waals surface area contributed by atoms with Gasteiger partial charge in [-0.15, -0.1) is 0 Å². The highest BCUT2D eigenvalue weighted by Crippen LogP contribution is 2.26. The number of carbonyl (C=O) groups is 1. The van der Waals surface area contributed by atoms with Crippen LogP contribution in [0.1, 0.15) is 316 Å². The van der Waals surface area contributed by atoms with Crippen LogP contribution in [-0.2, 0) is 28.9 Å². The molecule has 1 saturated heterocycles. The Hall–Kier alpha value is -0.900. The highest BCUT2D eigenvalue weighted by Gasteiger charge is 2.48. The molecular formula is C59H117NO11S. The molecule has 1 heterocycles. The van der Waals surface area contributed by atoms with Gasteiger partial charge in [0.15, 0.2) is 6.29 Å². The summed E-state index contributed by atoms with van der Waals surface area (Å²) in [6.07, 6.45) is 49.7. The van der Waals surface area contributed by atoms with E-state index in [4.69, 9.17) is 9.47 Å². The summed E-state index contributed by atoms with van der Waals surface area (Å²) in [6.45, 7) is 3.52. The number of hydrogen-bond donors (Lipinski definition) is 6. The van der Waals surface area contributed by atoms with E-state index in [2.05, 4.69) is 23.3 Å². The zero-order valence-corrected chi connectivity index (χ0v) is 47.6. The second-order valence-electron chi connectivity index (χ2n) is 22.0. The van der Waals surface area contributed by atoms with Crippen molar-refractivity contribution in [1.29, 1.82) is 0 Å². The minimum Gasteiger partial charge on any atom is -0.394 e. The lowest BCUT2D eigenvalue weighted by Gasteiger charge is -2.41. The molecule has 1 aliphatic heterocycles. The maximum Gasteiger partial charge on any atom is 0.397 e. The van der Waals surface area contributed by atoms with Crippen molar-refractivity contribution in [3.63, 3.8) is 0 Å². The van der Waals surface area contributed by atoms with E-state index in [0.717, 1.165) is 51.4 Å². The first-order valence-corrected chi connectivity index (χ1v) is 32.3. The van der Waals surface area contributed by atoms with E-state index in [9.17, 15) is 38.2 Å². The van der Waals surface area contributed by atoms with Crippen LogP contribution in [0.15, 0.2) is 0 Å². The summed E-state index contributed by atoms with van der Waals surface area (Å²) in [4.78, 5) is 13.2. The minimum absolute atomic E-state index is 0.221. The molecule has 0 aromatic carbocycles. The van der Waals surface area contributed by atoms with E-state index in [-0.39, 0.29) is 12.5 Å². The zero-order chi connectivity index (χ0) is 52.6. The number of nitrogens with one attached hydrogen (secondary N) is 1. The molecule has 0 saturated carbocycles. The van der Waals surface area contributed by atoms with Crippen LogP contribution in [0.3, 0.4) is 0 Å². The van der Waals surface area contributed by atoms with Crippen molar-refractivity contribution >= 4 is 16.3 Å². The molecule has 0 spiro atoms. The topological polar surface area (TPSA) is 192 Å². The number of aliphatic hydroxyl groups is 4. The zero-order valence-electron chi connectivity index (χ0n) is 46.8. The lowest BCUT2D eigenvalue weighted by atomic mass is 9.99. The first-order chi connectivity index (χ1) is 35.0. The van der Waals surface area contributed by atoms with Crippen molar-refractivity contribution in [2.45, 2.75) is 358 Å². The van der Waals surface area contributed by atoms with E-state index < -0.39 is 59.9 Å². The normalized spacial score (nSPS) is 19.2. The number of hydrogen-bond acceptors (Lipinski definition) is 10. The lowest BCUT2D eigenvalue weighted by Crippen LogP contribution is -2.61. The van der Waals surface area contributed by atoms with Gasteiger partial charge in [-0.1, -0.05) is 296 Å². The molecule has 1 fully saturated rings. The summed E-state index contributed by atoms with van der Waals surface area (Å²) < 4.78 is 48.0. The summed E-state index contributed by atoms with van der Waals surface area (Å²) in [5.41, 5.74) is 0. The smallest absolute Gasteiger partial charge is 0.394 e. The molecule has 7 atom stereocenters. The molecule has 72 heavy (non-hydrogen) atoms. The monoisotopic (exact) mass is 1050 g/mol. The van der Waals surface area contributed by atoms with Gasteiger partial charge in [0.1, 0.15) is 24.4 Å². The number of rotatable bonds is 55. The third-order valence-electron chi connectivity index (χ3n) is 15.2. The molecule has 1 amide bonds. The largest absolute Gasteiger partial charge is 0.397 e. The first-order valence-electron chi connectivity index (χ1n) is 30.9. The number of amides is 1. The van der Waals surface area contributed by atoms with Crippen molar-refractivity contribution in [1.82, 2.24) is 5.32 Å². The second-order valence-corrected chi connectivity index (χ2v) is 23.1. The fourth-order valence-electron chi connectivity index (χ4n) is 10.4. The highest BCUT2D eigenvalue weighted by molar-refractivity contribution is 7.80. The van der Waals surface area contributed by atoms with Crippen molar-refractivity contribution in [3.05, 3.63) is 0 Å². The van der Waals surface area contributed by atoms with Gasteiger partial charge in [-0.25, -0.2) is 4.18 Å². The summed E-state index contributed by atoms with van der Waals surface area (Å²) in [6, 6.07) is -0.854. The Balaban J connectivity index is 2.31. The van der Waals surface area contributed by atoms with E-state index in [1.54, 1.807) is 0 Å². The number of ether oxygens (including phenoxy) is 2. The van der Waals surface area contributed by atoms with Gasteiger partial charge in [-0.2, -0.15) is 8.42 Å². The fourth-order valence-corrected chi connectivity index (χ4v) is 10.9. The third kappa shape index (κ3) is 41.3. The van der Waals surface area contributed by atoms with Crippen LogP contribution in [0.4, 0.5) is 0 Å². The number of aliphatic hydroxyl groups excluding tert-OH is 4. The van der Waals surface area contributed by atoms with Gasteiger partial charge in [0.25, 0.3) is 0 Å². The molecule has 12 nitrogen and oxygen atoms in total. The molecule has 7 unspecified atom stereocenters. The highest BCUT2D eigenvalue weighted by atomic mass is 32.3. The summed E-state index contributed by atoms with van der Waals surface area (Å²) >= 11 is 0. The summed E-state index contributed by atoms with van der Waals surface area (Å²) in [5, 5.41) is 45.2. The molecule has 0 aromatic heterocycles. The summed E-state index contributed by atoms with van der Waals surface area (Å²) in [7, 11) is -5.08. The number of carbonyl (C=O) groups excluding carboxylic acids is 1. The average molecular weight is 1050 g/mol. The van der Waals surface area contributed by atoms with Crippen molar-refractivity contribution in [3.8, 4) is 0 Å². The molecule has 1 rings (SSSR count). The maximum absolute atomic E-state index is 13.2. The van der Waals surface area contributed by atoms with Crippen molar-refractivity contribution in [2.75, 3.05) is 13.2 Å². The van der Waals surface area contributed by atoms with Crippen LogP contribution in [0.5, 0.6) is 0 Å². The van der Waals surface area contributed by atoms with Crippen LogP contribution < -0.4 is 5.32 Å². The van der Waals surface area contributed by atoms with Gasteiger partial charge in [0, 0.05) is 6.42 Å². The molecule has 430 valence electrons. The van der Waals surface area contributed by atoms with Crippen molar-refractivity contribution < 1.29 is 51.8 Å². The SMILES string of the molecule is CCCCCCCCCCCCCCCCCCCCCCCCCCC(O)C(COC1OC(CO)C(O)C(OS(=O)(=O)O)C1O)NC(=O)CCCCCCCCCCCCCCCCCCCCCCC. The van der Waals surface area contributed by atoms with Gasteiger partial charge in [-0.3, -0.25) is 9.35 Å².